The first-order chi connectivity index (χ1) is 5.29. The predicted octanol–water partition coefficient (Wildman–Crippen LogP) is 2.31. The predicted molar refractivity (Wildman–Crippen MR) is 46.0 cm³/mol. The number of benzene rings is 1. The molecule has 1 aromatic heterocycles. The van der Waals surface area contributed by atoms with E-state index >= 15 is 0 Å². The van der Waals surface area contributed by atoms with E-state index in [1.165, 1.54) is 11.3 Å². The van der Waals surface area contributed by atoms with Crippen LogP contribution in [0.25, 0.3) is 10.2 Å². The summed E-state index contributed by atoms with van der Waals surface area (Å²) in [6.45, 7) is 1.87. The highest BCUT2D eigenvalue weighted by molar-refractivity contribution is 7.16. The zero-order valence-corrected chi connectivity index (χ0v) is 6.85. The van der Waals surface area contributed by atoms with Crippen molar-refractivity contribution in [3.63, 3.8) is 0 Å². The van der Waals surface area contributed by atoms with Crippen LogP contribution in [0, 0.1) is 6.92 Å². The van der Waals surface area contributed by atoms with E-state index in [1.54, 1.807) is 5.51 Å². The summed E-state index contributed by atoms with van der Waals surface area (Å²) in [5.41, 5.74) is 3.34. The second kappa shape index (κ2) is 2.20. The molecule has 0 aliphatic heterocycles. The summed E-state index contributed by atoms with van der Waals surface area (Å²) >= 11 is 1.54. The van der Waals surface area contributed by atoms with Crippen LogP contribution in [-0.2, 0) is 0 Å². The molecule has 2 nitrogen and oxygen atoms in total. The highest BCUT2D eigenvalue weighted by Gasteiger charge is 2.03. The number of rotatable bonds is 0. The number of aromatic nitrogens is 1. The maximum absolute atomic E-state index is 9.49. The number of hydrogen-bond acceptors (Lipinski definition) is 3. The second-order valence-corrected chi connectivity index (χ2v) is 3.32. The molecule has 56 valence electrons. The zero-order chi connectivity index (χ0) is 7.84. The normalized spacial score (nSPS) is 10.6. The van der Waals surface area contributed by atoms with Crippen molar-refractivity contribution in [1.29, 1.82) is 0 Å². The lowest BCUT2D eigenvalue weighted by atomic mass is 10.2. The third-order valence-electron chi connectivity index (χ3n) is 1.68. The lowest BCUT2D eigenvalue weighted by Gasteiger charge is -1.96. The van der Waals surface area contributed by atoms with Crippen LogP contribution in [0.1, 0.15) is 5.56 Å². The Morgan fingerprint density at radius 1 is 1.45 bits per heavy atom. The van der Waals surface area contributed by atoms with Crippen LogP contribution >= 0.6 is 11.3 Å². The van der Waals surface area contributed by atoms with Gasteiger partial charge in [0.25, 0.3) is 0 Å². The highest BCUT2D eigenvalue weighted by atomic mass is 32.1. The van der Waals surface area contributed by atoms with Gasteiger partial charge in [-0.2, -0.15) is 0 Å². The van der Waals surface area contributed by atoms with Gasteiger partial charge in [0.1, 0.15) is 11.3 Å². The number of aryl methyl sites for hydroxylation is 1. The fraction of sp³-hybridized carbons (Fsp3) is 0.125. The molecule has 3 heteroatoms. The zero-order valence-electron chi connectivity index (χ0n) is 6.03. The maximum atomic E-state index is 9.49. The number of phenolic OH excluding ortho intramolecular Hbond substituents is 1. The topological polar surface area (TPSA) is 33.1 Å². The second-order valence-electron chi connectivity index (χ2n) is 2.43. The summed E-state index contributed by atoms with van der Waals surface area (Å²) in [7, 11) is 0. The molecule has 0 atom stereocenters. The van der Waals surface area contributed by atoms with Crippen LogP contribution in [0.3, 0.4) is 0 Å². The Morgan fingerprint density at radius 2 is 2.27 bits per heavy atom. The van der Waals surface area contributed by atoms with Crippen molar-refractivity contribution >= 4 is 21.6 Å². The molecule has 0 spiro atoms. The van der Waals surface area contributed by atoms with Gasteiger partial charge in [0.05, 0.1) is 10.2 Å². The first-order valence-electron chi connectivity index (χ1n) is 3.31. The first-order valence-corrected chi connectivity index (χ1v) is 4.19. The fourth-order valence-corrected chi connectivity index (χ4v) is 1.70. The van der Waals surface area contributed by atoms with Crippen LogP contribution in [0.4, 0.5) is 0 Å². The summed E-state index contributed by atoms with van der Waals surface area (Å²) < 4.78 is 1.04. The molecule has 1 heterocycles. The number of nitrogens with zero attached hydrogens (tertiary/aromatic N) is 1. The molecular formula is C8H7NOS. The van der Waals surface area contributed by atoms with Gasteiger partial charge in [-0.15, -0.1) is 11.3 Å². The number of hydrogen-bond donors (Lipinski definition) is 1. The van der Waals surface area contributed by atoms with Gasteiger partial charge in [0.2, 0.25) is 0 Å². The number of aromatic hydroxyl groups is 1. The van der Waals surface area contributed by atoms with E-state index in [9.17, 15) is 5.11 Å². The van der Waals surface area contributed by atoms with E-state index in [1.807, 2.05) is 19.1 Å². The maximum Gasteiger partial charge on any atom is 0.145 e. The standard InChI is InChI=1S/C8H7NOS/c1-5-2-3-6-7(8(5)10)9-4-11-6/h2-4,10H,1H3. The molecular weight excluding hydrogens is 158 g/mol. The lowest BCUT2D eigenvalue weighted by molar-refractivity contribution is 0.476. The molecule has 0 unspecified atom stereocenters. The quantitative estimate of drug-likeness (QED) is 0.649. The van der Waals surface area contributed by atoms with E-state index < -0.39 is 0 Å². The molecule has 0 saturated heterocycles. The number of phenols is 1. The molecule has 0 fully saturated rings. The van der Waals surface area contributed by atoms with Crippen molar-refractivity contribution in [2.24, 2.45) is 0 Å². The molecule has 0 bridgehead atoms. The summed E-state index contributed by atoms with van der Waals surface area (Å²) in [4.78, 5) is 4.05. The molecule has 2 aromatic rings. The van der Waals surface area contributed by atoms with Crippen molar-refractivity contribution in [1.82, 2.24) is 4.98 Å². The largest absolute Gasteiger partial charge is 0.505 e. The highest BCUT2D eigenvalue weighted by Crippen LogP contribution is 2.28. The Kier molecular flexibility index (Phi) is 1.32. The van der Waals surface area contributed by atoms with Crippen molar-refractivity contribution < 1.29 is 5.11 Å². The summed E-state index contributed by atoms with van der Waals surface area (Å²) in [5.74, 6) is 0.309. The van der Waals surface area contributed by atoms with E-state index in [4.69, 9.17) is 0 Å². The van der Waals surface area contributed by atoms with Crippen molar-refractivity contribution in [2.45, 2.75) is 6.92 Å². The Hall–Kier alpha value is -1.09. The summed E-state index contributed by atoms with van der Waals surface area (Å²) in [5, 5.41) is 9.49. The average Bonchev–Trinajstić information content (AvgIpc) is 2.45. The molecule has 0 saturated carbocycles. The number of thiazole rings is 1. The lowest BCUT2D eigenvalue weighted by Crippen LogP contribution is -1.75. The minimum absolute atomic E-state index is 0.309. The molecule has 11 heavy (non-hydrogen) atoms. The molecule has 0 aliphatic rings. The Morgan fingerprint density at radius 3 is 3.09 bits per heavy atom. The third-order valence-corrected chi connectivity index (χ3v) is 2.47. The molecule has 0 radical (unpaired) electrons. The van der Waals surface area contributed by atoms with Gasteiger partial charge in [-0.25, -0.2) is 4.98 Å². The SMILES string of the molecule is Cc1ccc2scnc2c1O. The van der Waals surface area contributed by atoms with E-state index in [0.717, 1.165) is 15.8 Å². The van der Waals surface area contributed by atoms with E-state index in [0.29, 0.717) is 5.75 Å². The van der Waals surface area contributed by atoms with Crippen LogP contribution in [0.15, 0.2) is 17.6 Å². The van der Waals surface area contributed by atoms with Crippen LogP contribution in [0.2, 0.25) is 0 Å². The smallest absolute Gasteiger partial charge is 0.145 e. The number of fused-ring (bicyclic) bond motifs is 1. The third kappa shape index (κ3) is 0.886. The van der Waals surface area contributed by atoms with Crippen LogP contribution in [-0.4, -0.2) is 10.1 Å². The minimum Gasteiger partial charge on any atom is -0.505 e. The van der Waals surface area contributed by atoms with Gasteiger partial charge in [-0.3, -0.25) is 0 Å². The van der Waals surface area contributed by atoms with Gasteiger partial charge in [-0.1, -0.05) is 6.07 Å². The summed E-state index contributed by atoms with van der Waals surface area (Å²) in [6, 6.07) is 3.87. The van der Waals surface area contributed by atoms with Gasteiger partial charge in [0.15, 0.2) is 0 Å². The van der Waals surface area contributed by atoms with E-state index in [-0.39, 0.29) is 0 Å². The van der Waals surface area contributed by atoms with Gasteiger partial charge < -0.3 is 5.11 Å². The Balaban J connectivity index is 2.93. The van der Waals surface area contributed by atoms with Gasteiger partial charge >= 0.3 is 0 Å². The summed E-state index contributed by atoms with van der Waals surface area (Å²) in [6.07, 6.45) is 0. The minimum atomic E-state index is 0.309. The monoisotopic (exact) mass is 165 g/mol. The first kappa shape index (κ1) is 6.61. The molecule has 2 rings (SSSR count). The van der Waals surface area contributed by atoms with Gasteiger partial charge in [0, 0.05) is 0 Å². The molecule has 0 amide bonds. The van der Waals surface area contributed by atoms with Crippen molar-refractivity contribution in [2.75, 3.05) is 0 Å². The van der Waals surface area contributed by atoms with Crippen LogP contribution < -0.4 is 0 Å². The Labute approximate surface area is 68.1 Å². The van der Waals surface area contributed by atoms with E-state index in [2.05, 4.69) is 4.98 Å². The van der Waals surface area contributed by atoms with Gasteiger partial charge in [-0.05, 0) is 18.6 Å². The van der Waals surface area contributed by atoms with Crippen molar-refractivity contribution in [3.8, 4) is 5.75 Å². The van der Waals surface area contributed by atoms with Crippen LogP contribution in [0.5, 0.6) is 5.75 Å². The Bertz CT molecular complexity index is 394. The van der Waals surface area contributed by atoms with Crippen molar-refractivity contribution in [3.05, 3.63) is 23.2 Å². The molecule has 1 aromatic carbocycles. The molecule has 1 N–H and O–H groups in total. The fourth-order valence-electron chi connectivity index (χ4n) is 1.02. The molecule has 0 aliphatic carbocycles. The average molecular weight is 165 g/mol.